The van der Waals surface area contributed by atoms with Crippen molar-refractivity contribution in [3.05, 3.63) is 58.7 Å². The Morgan fingerprint density at radius 1 is 1.30 bits per heavy atom. The van der Waals surface area contributed by atoms with Crippen LogP contribution in [-0.2, 0) is 0 Å². The van der Waals surface area contributed by atoms with Crippen LogP contribution in [0.15, 0.2) is 30.5 Å². The van der Waals surface area contributed by atoms with Gasteiger partial charge in [0.15, 0.2) is 0 Å². The minimum absolute atomic E-state index is 0.00440. The number of hydrogen-bond acceptors (Lipinski definition) is 6. The number of ether oxygens (including phenoxy) is 1. The fraction of sp³-hybridized carbons (Fsp3) is 0.409. The molecule has 1 aromatic heterocycles. The summed E-state index contributed by atoms with van der Waals surface area (Å²) in [6.07, 6.45) is 3.91. The predicted octanol–water partition coefficient (Wildman–Crippen LogP) is 2.53. The molecule has 1 amide bonds. The molecule has 8 heteroatoms. The zero-order valence-corrected chi connectivity index (χ0v) is 16.9. The number of aromatic nitrogens is 1. The van der Waals surface area contributed by atoms with Crippen molar-refractivity contribution in [2.75, 3.05) is 7.11 Å². The van der Waals surface area contributed by atoms with E-state index in [0.717, 1.165) is 24.8 Å². The molecular formula is C22H24FN5O2. The molecule has 1 aromatic carbocycles. The van der Waals surface area contributed by atoms with Gasteiger partial charge in [0.1, 0.15) is 23.3 Å². The molecule has 0 spiro atoms. The zero-order valence-electron chi connectivity index (χ0n) is 16.9. The first kappa shape index (κ1) is 20.3. The highest BCUT2D eigenvalue weighted by Crippen LogP contribution is 2.39. The minimum Gasteiger partial charge on any atom is -0.497 e. The molecule has 4 atom stereocenters. The van der Waals surface area contributed by atoms with Gasteiger partial charge in [-0.05, 0) is 61.4 Å². The first-order valence-electron chi connectivity index (χ1n) is 10.0. The number of hydrazine groups is 1. The fourth-order valence-electron chi connectivity index (χ4n) is 4.53. The van der Waals surface area contributed by atoms with Crippen LogP contribution < -0.4 is 20.9 Å². The lowest BCUT2D eigenvalue weighted by atomic mass is 9.77. The monoisotopic (exact) mass is 409 g/mol. The Labute approximate surface area is 174 Å². The van der Waals surface area contributed by atoms with E-state index in [2.05, 4.69) is 21.2 Å². The maximum atomic E-state index is 14.0. The van der Waals surface area contributed by atoms with Crippen LogP contribution in [0.3, 0.4) is 0 Å². The molecule has 0 bridgehead atoms. The molecule has 30 heavy (non-hydrogen) atoms. The number of carbonyl (C=O) groups is 1. The molecule has 1 saturated heterocycles. The second kappa shape index (κ2) is 8.38. The Balaban J connectivity index is 1.48. The number of rotatable bonds is 4. The van der Waals surface area contributed by atoms with Crippen LogP contribution >= 0.6 is 0 Å². The third-order valence-corrected chi connectivity index (χ3v) is 6.00. The molecule has 2 aromatic rings. The number of nitrogens with zero attached hydrogens (tertiary/aromatic N) is 2. The molecular weight excluding hydrogens is 385 g/mol. The van der Waals surface area contributed by atoms with E-state index >= 15 is 0 Å². The van der Waals surface area contributed by atoms with Crippen LogP contribution in [0.2, 0.25) is 0 Å². The Bertz CT molecular complexity index is 1010. The van der Waals surface area contributed by atoms with Crippen molar-refractivity contribution < 1.29 is 13.9 Å². The Kier molecular flexibility index (Phi) is 5.66. The molecule has 4 unspecified atom stereocenters. The van der Waals surface area contributed by atoms with Gasteiger partial charge in [0.25, 0.3) is 5.91 Å². The summed E-state index contributed by atoms with van der Waals surface area (Å²) in [6.45, 7) is 1.78. The van der Waals surface area contributed by atoms with E-state index in [-0.39, 0.29) is 35.8 Å². The lowest BCUT2D eigenvalue weighted by Gasteiger charge is -2.33. The van der Waals surface area contributed by atoms with E-state index in [9.17, 15) is 9.18 Å². The zero-order chi connectivity index (χ0) is 21.3. The number of hydrogen-bond donors (Lipinski definition) is 3. The van der Waals surface area contributed by atoms with Gasteiger partial charge >= 0.3 is 0 Å². The van der Waals surface area contributed by atoms with E-state index in [4.69, 9.17) is 10.00 Å². The van der Waals surface area contributed by atoms with Crippen molar-refractivity contribution in [1.29, 1.82) is 5.26 Å². The molecule has 0 radical (unpaired) electrons. The normalized spacial score (nSPS) is 25.3. The van der Waals surface area contributed by atoms with Crippen molar-refractivity contribution in [3.63, 3.8) is 0 Å². The second-order valence-corrected chi connectivity index (χ2v) is 7.95. The summed E-state index contributed by atoms with van der Waals surface area (Å²) in [5.74, 6) is 0.116. The summed E-state index contributed by atoms with van der Waals surface area (Å²) in [6, 6.07) is 8.60. The van der Waals surface area contributed by atoms with Gasteiger partial charge in [0.05, 0.1) is 18.7 Å². The van der Waals surface area contributed by atoms with Crippen LogP contribution in [0.25, 0.3) is 0 Å². The molecule has 2 heterocycles. The number of aryl methyl sites for hydroxylation is 1. The third kappa shape index (κ3) is 3.99. The molecule has 4 rings (SSSR count). The summed E-state index contributed by atoms with van der Waals surface area (Å²) >= 11 is 0. The van der Waals surface area contributed by atoms with E-state index in [0.29, 0.717) is 22.6 Å². The molecule has 2 fully saturated rings. The molecule has 7 nitrogen and oxygen atoms in total. The molecule has 1 aliphatic carbocycles. The van der Waals surface area contributed by atoms with Crippen molar-refractivity contribution in [2.24, 2.45) is 5.92 Å². The summed E-state index contributed by atoms with van der Waals surface area (Å²) in [7, 11) is 1.52. The highest BCUT2D eigenvalue weighted by molar-refractivity contribution is 5.93. The van der Waals surface area contributed by atoms with Gasteiger partial charge in [0.2, 0.25) is 0 Å². The maximum absolute atomic E-state index is 14.0. The summed E-state index contributed by atoms with van der Waals surface area (Å²) in [4.78, 5) is 16.9. The highest BCUT2D eigenvalue weighted by Gasteiger charge is 2.41. The van der Waals surface area contributed by atoms with Crippen molar-refractivity contribution in [3.8, 4) is 11.8 Å². The number of methoxy groups -OCH3 is 1. The van der Waals surface area contributed by atoms with Crippen molar-refractivity contribution >= 4 is 5.91 Å². The fourth-order valence-corrected chi connectivity index (χ4v) is 4.53. The average Bonchev–Trinajstić information content (AvgIpc) is 3.16. The molecule has 1 aliphatic heterocycles. The van der Waals surface area contributed by atoms with Gasteiger partial charge < -0.3 is 10.1 Å². The Hall–Kier alpha value is -3.02. The lowest BCUT2D eigenvalue weighted by molar-refractivity contribution is 0.0909. The lowest BCUT2D eigenvalue weighted by Crippen LogP contribution is -2.44. The largest absolute Gasteiger partial charge is 0.497 e. The first-order valence-corrected chi connectivity index (χ1v) is 10.0. The van der Waals surface area contributed by atoms with E-state index in [1.54, 1.807) is 13.0 Å². The quantitative estimate of drug-likeness (QED) is 0.718. The topological polar surface area (TPSA) is 99.1 Å². The van der Waals surface area contributed by atoms with Crippen molar-refractivity contribution in [2.45, 2.75) is 44.3 Å². The second-order valence-electron chi connectivity index (χ2n) is 7.95. The first-order chi connectivity index (χ1) is 14.5. The third-order valence-electron chi connectivity index (χ3n) is 6.00. The number of nitriles is 1. The van der Waals surface area contributed by atoms with E-state index in [1.807, 2.05) is 12.1 Å². The molecule has 156 valence electrons. The van der Waals surface area contributed by atoms with Gasteiger partial charge in [-0.2, -0.15) is 5.26 Å². The highest BCUT2D eigenvalue weighted by atomic mass is 19.1. The van der Waals surface area contributed by atoms with Gasteiger partial charge in [-0.15, -0.1) is 0 Å². The SMILES string of the molecule is COc1cc(F)cc(C2NNC3CCC(NC(=O)c4ncc(C#N)cc4C)CC32)c1. The minimum atomic E-state index is -0.336. The average molecular weight is 409 g/mol. The van der Waals surface area contributed by atoms with Crippen molar-refractivity contribution in [1.82, 2.24) is 21.2 Å². The number of nitrogens with one attached hydrogen (secondary N) is 3. The molecule has 3 N–H and O–H groups in total. The van der Waals surface area contributed by atoms with Crippen LogP contribution in [0.5, 0.6) is 5.75 Å². The Morgan fingerprint density at radius 3 is 2.87 bits per heavy atom. The van der Waals surface area contributed by atoms with Gasteiger partial charge in [-0.1, -0.05) is 0 Å². The van der Waals surface area contributed by atoms with Gasteiger partial charge in [0, 0.05) is 24.3 Å². The summed E-state index contributed by atoms with van der Waals surface area (Å²) in [5, 5.41) is 12.1. The number of benzene rings is 1. The van der Waals surface area contributed by atoms with Crippen LogP contribution in [0.4, 0.5) is 4.39 Å². The number of halogens is 1. The number of pyridine rings is 1. The van der Waals surface area contributed by atoms with Crippen LogP contribution in [0, 0.1) is 30.0 Å². The summed E-state index contributed by atoms with van der Waals surface area (Å²) in [5.41, 5.74) is 8.88. The maximum Gasteiger partial charge on any atom is 0.270 e. The van der Waals surface area contributed by atoms with E-state index in [1.165, 1.54) is 25.4 Å². The molecule has 1 saturated carbocycles. The van der Waals surface area contributed by atoms with Crippen LogP contribution in [0.1, 0.15) is 52.5 Å². The van der Waals surface area contributed by atoms with Crippen LogP contribution in [-0.4, -0.2) is 30.1 Å². The number of carbonyl (C=O) groups excluding carboxylic acids is 1. The predicted molar refractivity (Wildman–Crippen MR) is 108 cm³/mol. The standard InChI is InChI=1S/C22H24FN5O2/c1-12-5-13(10-24)11-25-20(12)22(29)26-16-3-4-19-18(9-16)21(28-27-19)14-6-15(23)8-17(7-14)30-2/h5-8,11,16,18-19,21,27-28H,3-4,9H2,1-2H3,(H,26,29). The number of fused-ring (bicyclic) bond motifs is 1. The Morgan fingerprint density at radius 2 is 2.13 bits per heavy atom. The van der Waals surface area contributed by atoms with E-state index < -0.39 is 0 Å². The van der Waals surface area contributed by atoms with Gasteiger partial charge in [-0.3, -0.25) is 10.2 Å². The van der Waals surface area contributed by atoms with Gasteiger partial charge in [-0.25, -0.2) is 14.8 Å². The molecule has 2 aliphatic rings. The number of amides is 1. The summed E-state index contributed by atoms with van der Waals surface area (Å²) < 4.78 is 19.2. The smallest absolute Gasteiger partial charge is 0.270 e.